The van der Waals surface area contributed by atoms with Crippen LogP contribution < -0.4 is 5.32 Å². The van der Waals surface area contributed by atoms with Gasteiger partial charge in [-0.2, -0.15) is 0 Å². The Kier molecular flexibility index (Phi) is 4.34. The lowest BCUT2D eigenvalue weighted by Gasteiger charge is -2.22. The van der Waals surface area contributed by atoms with Crippen molar-refractivity contribution in [1.82, 2.24) is 5.32 Å². The lowest BCUT2D eigenvalue weighted by molar-refractivity contribution is 0.0843. The molecule has 1 amide bonds. The molecular formula is C13H21NO3. The monoisotopic (exact) mass is 239 g/mol. The van der Waals surface area contributed by atoms with E-state index in [2.05, 4.69) is 26.1 Å². The number of hydrogen-bond donors (Lipinski definition) is 2. The molecule has 0 aromatic carbocycles. The van der Waals surface area contributed by atoms with Crippen molar-refractivity contribution in [3.05, 3.63) is 23.7 Å². The highest BCUT2D eigenvalue weighted by Crippen LogP contribution is 2.20. The fourth-order valence-corrected chi connectivity index (χ4v) is 1.68. The molecule has 1 aromatic heterocycles. The van der Waals surface area contributed by atoms with Crippen LogP contribution in [0.15, 0.2) is 16.7 Å². The zero-order chi connectivity index (χ0) is 13.1. The highest BCUT2D eigenvalue weighted by Gasteiger charge is 2.18. The summed E-state index contributed by atoms with van der Waals surface area (Å²) in [6.45, 7) is 8.21. The first-order valence-corrected chi connectivity index (χ1v) is 5.80. The second kappa shape index (κ2) is 5.36. The van der Waals surface area contributed by atoms with Crippen LogP contribution in [0.1, 0.15) is 43.3 Å². The summed E-state index contributed by atoms with van der Waals surface area (Å²) in [4.78, 5) is 11.7. The first-order valence-electron chi connectivity index (χ1n) is 5.80. The number of amides is 1. The third-order valence-corrected chi connectivity index (χ3v) is 2.41. The predicted octanol–water partition coefficient (Wildman–Crippen LogP) is 2.11. The van der Waals surface area contributed by atoms with E-state index in [1.165, 1.54) is 6.26 Å². The van der Waals surface area contributed by atoms with Gasteiger partial charge in [-0.25, -0.2) is 0 Å². The number of aliphatic hydroxyl groups excluding tert-OH is 1. The molecule has 1 atom stereocenters. The van der Waals surface area contributed by atoms with E-state index in [1.807, 2.05) is 6.92 Å². The smallest absolute Gasteiger partial charge is 0.287 e. The molecule has 0 saturated heterocycles. The average molecular weight is 239 g/mol. The van der Waals surface area contributed by atoms with Crippen molar-refractivity contribution in [3.63, 3.8) is 0 Å². The Labute approximate surface area is 102 Å². The van der Waals surface area contributed by atoms with E-state index in [9.17, 15) is 9.90 Å². The zero-order valence-electron chi connectivity index (χ0n) is 10.9. The van der Waals surface area contributed by atoms with Gasteiger partial charge in [0.25, 0.3) is 5.91 Å². The summed E-state index contributed by atoms with van der Waals surface area (Å²) in [6.07, 6.45) is 1.59. The van der Waals surface area contributed by atoms with Crippen molar-refractivity contribution in [1.29, 1.82) is 0 Å². The largest absolute Gasteiger partial charge is 0.459 e. The summed E-state index contributed by atoms with van der Waals surface area (Å²) in [6, 6.07) is 1.74. The van der Waals surface area contributed by atoms with Gasteiger partial charge in [0.15, 0.2) is 5.76 Å². The number of rotatable bonds is 4. The summed E-state index contributed by atoms with van der Waals surface area (Å²) < 4.78 is 5.07. The Balaban J connectivity index is 2.42. The van der Waals surface area contributed by atoms with Crippen LogP contribution in [0.4, 0.5) is 0 Å². The first-order chi connectivity index (χ1) is 7.79. The number of aliphatic hydroxyl groups is 1. The van der Waals surface area contributed by atoms with Gasteiger partial charge in [0, 0.05) is 12.1 Å². The Morgan fingerprint density at radius 2 is 2.18 bits per heavy atom. The van der Waals surface area contributed by atoms with Crippen molar-refractivity contribution >= 4 is 5.91 Å². The Hall–Kier alpha value is -1.29. The minimum Gasteiger partial charge on any atom is -0.459 e. The van der Waals surface area contributed by atoms with Crippen LogP contribution in [0.3, 0.4) is 0 Å². The van der Waals surface area contributed by atoms with Crippen molar-refractivity contribution in [3.8, 4) is 0 Å². The van der Waals surface area contributed by atoms with Gasteiger partial charge < -0.3 is 14.8 Å². The summed E-state index contributed by atoms with van der Waals surface area (Å²) in [7, 11) is 0. The summed E-state index contributed by atoms with van der Waals surface area (Å²) in [5.41, 5.74) is 0.845. The molecule has 0 spiro atoms. The van der Waals surface area contributed by atoms with Crippen molar-refractivity contribution in [2.24, 2.45) is 5.41 Å². The van der Waals surface area contributed by atoms with Gasteiger partial charge in [0.2, 0.25) is 0 Å². The van der Waals surface area contributed by atoms with E-state index in [1.54, 1.807) is 6.07 Å². The van der Waals surface area contributed by atoms with Gasteiger partial charge in [-0.05, 0) is 24.8 Å². The number of nitrogens with one attached hydrogen (secondary N) is 1. The van der Waals surface area contributed by atoms with Crippen LogP contribution in [-0.2, 0) is 0 Å². The number of carbonyl (C=O) groups excluding carboxylic acids is 1. The van der Waals surface area contributed by atoms with Crippen LogP contribution in [-0.4, -0.2) is 23.7 Å². The molecule has 4 heteroatoms. The SMILES string of the molecule is Cc1ccoc1C(=O)NCC(O)CC(C)(C)C. The maximum absolute atomic E-state index is 11.7. The molecule has 0 aliphatic rings. The van der Waals surface area contributed by atoms with E-state index in [0.29, 0.717) is 12.2 Å². The van der Waals surface area contributed by atoms with Gasteiger partial charge in [0.1, 0.15) is 0 Å². The second-order valence-electron chi connectivity index (χ2n) is 5.56. The molecule has 1 aromatic rings. The normalized spacial score (nSPS) is 13.5. The predicted molar refractivity (Wildman–Crippen MR) is 65.9 cm³/mol. The molecule has 2 N–H and O–H groups in total. The third kappa shape index (κ3) is 4.61. The molecule has 17 heavy (non-hydrogen) atoms. The summed E-state index contributed by atoms with van der Waals surface area (Å²) in [5.74, 6) is 0.0356. The molecule has 4 nitrogen and oxygen atoms in total. The summed E-state index contributed by atoms with van der Waals surface area (Å²) in [5, 5.41) is 12.4. The first kappa shape index (κ1) is 13.8. The highest BCUT2D eigenvalue weighted by atomic mass is 16.3. The van der Waals surface area contributed by atoms with E-state index in [-0.39, 0.29) is 17.9 Å². The maximum atomic E-state index is 11.7. The fraction of sp³-hybridized carbons (Fsp3) is 0.615. The number of hydrogen-bond acceptors (Lipinski definition) is 3. The number of carbonyl (C=O) groups is 1. The molecule has 0 fully saturated rings. The molecule has 96 valence electrons. The molecule has 0 saturated carbocycles. The molecule has 0 bridgehead atoms. The van der Waals surface area contributed by atoms with E-state index in [4.69, 9.17) is 4.42 Å². The van der Waals surface area contributed by atoms with Crippen LogP contribution in [0.2, 0.25) is 0 Å². The number of furan rings is 1. The molecule has 1 unspecified atom stereocenters. The fourth-order valence-electron chi connectivity index (χ4n) is 1.68. The van der Waals surface area contributed by atoms with Crippen LogP contribution in [0.25, 0.3) is 0 Å². The Bertz CT molecular complexity index is 376. The summed E-state index contributed by atoms with van der Waals surface area (Å²) >= 11 is 0. The van der Waals surface area contributed by atoms with Crippen LogP contribution >= 0.6 is 0 Å². The topological polar surface area (TPSA) is 62.5 Å². The molecule has 1 heterocycles. The van der Waals surface area contributed by atoms with E-state index < -0.39 is 6.10 Å². The van der Waals surface area contributed by atoms with Crippen LogP contribution in [0.5, 0.6) is 0 Å². The lowest BCUT2D eigenvalue weighted by atomic mass is 9.89. The van der Waals surface area contributed by atoms with Gasteiger partial charge >= 0.3 is 0 Å². The van der Waals surface area contributed by atoms with Crippen molar-refractivity contribution in [2.45, 2.75) is 40.2 Å². The maximum Gasteiger partial charge on any atom is 0.287 e. The molecule has 0 aliphatic carbocycles. The standard InChI is InChI=1S/C13H21NO3/c1-9-5-6-17-11(9)12(16)14-8-10(15)7-13(2,3)4/h5-6,10,15H,7-8H2,1-4H3,(H,14,16). The van der Waals surface area contributed by atoms with Gasteiger partial charge in [-0.1, -0.05) is 20.8 Å². The van der Waals surface area contributed by atoms with Gasteiger partial charge in [0.05, 0.1) is 12.4 Å². The number of aryl methyl sites for hydroxylation is 1. The molecule has 0 radical (unpaired) electrons. The van der Waals surface area contributed by atoms with Crippen molar-refractivity contribution in [2.75, 3.05) is 6.54 Å². The third-order valence-electron chi connectivity index (χ3n) is 2.41. The average Bonchev–Trinajstić information content (AvgIpc) is 2.58. The van der Waals surface area contributed by atoms with Gasteiger partial charge in [-0.15, -0.1) is 0 Å². The Morgan fingerprint density at radius 3 is 2.65 bits per heavy atom. The second-order valence-corrected chi connectivity index (χ2v) is 5.56. The Morgan fingerprint density at radius 1 is 1.53 bits per heavy atom. The minimum absolute atomic E-state index is 0.0464. The van der Waals surface area contributed by atoms with Crippen LogP contribution in [0, 0.1) is 12.3 Å². The highest BCUT2D eigenvalue weighted by molar-refractivity contribution is 5.92. The van der Waals surface area contributed by atoms with E-state index >= 15 is 0 Å². The van der Waals surface area contributed by atoms with Gasteiger partial charge in [-0.3, -0.25) is 4.79 Å². The molecule has 0 aliphatic heterocycles. The molecular weight excluding hydrogens is 218 g/mol. The minimum atomic E-state index is -0.533. The zero-order valence-corrected chi connectivity index (χ0v) is 10.9. The molecule has 1 rings (SSSR count). The van der Waals surface area contributed by atoms with E-state index in [0.717, 1.165) is 5.56 Å². The van der Waals surface area contributed by atoms with Crippen molar-refractivity contribution < 1.29 is 14.3 Å². The quantitative estimate of drug-likeness (QED) is 0.846. The lowest BCUT2D eigenvalue weighted by Crippen LogP contribution is -2.34.